The average molecular weight is 349 g/mol. The van der Waals surface area contributed by atoms with Gasteiger partial charge in [0.1, 0.15) is 17.4 Å². The maximum atomic E-state index is 14.0. The molecule has 0 saturated carbocycles. The summed E-state index contributed by atoms with van der Waals surface area (Å²) in [6.07, 6.45) is 1.17. The van der Waals surface area contributed by atoms with E-state index in [9.17, 15) is 18.0 Å². The molecule has 120 valence electrons. The van der Waals surface area contributed by atoms with Crippen LogP contribution in [-0.4, -0.2) is 4.57 Å². The summed E-state index contributed by atoms with van der Waals surface area (Å²) in [6.45, 7) is -0.151. The highest BCUT2D eigenvalue weighted by Gasteiger charge is 2.15. The first-order valence-corrected chi connectivity index (χ1v) is 7.15. The normalized spacial score (nSPS) is 10.8. The Morgan fingerprint density at radius 3 is 2.50 bits per heavy atom. The Bertz CT molecular complexity index is 1050. The van der Waals surface area contributed by atoms with Gasteiger partial charge in [-0.3, -0.25) is 4.79 Å². The van der Waals surface area contributed by atoms with Gasteiger partial charge in [-0.25, -0.2) is 13.2 Å². The van der Waals surface area contributed by atoms with Gasteiger partial charge in [-0.1, -0.05) is 17.7 Å². The first kappa shape index (κ1) is 16.1. The van der Waals surface area contributed by atoms with Gasteiger partial charge in [0.15, 0.2) is 11.6 Å². The highest BCUT2D eigenvalue weighted by molar-refractivity contribution is 6.31. The number of halogens is 4. The second kappa shape index (κ2) is 6.02. The summed E-state index contributed by atoms with van der Waals surface area (Å²) in [4.78, 5) is 12.1. The molecule has 0 atom stereocenters. The Labute approximate surface area is 139 Å². The molecule has 24 heavy (non-hydrogen) atoms. The number of hydrogen-bond donors (Lipinski definition) is 0. The van der Waals surface area contributed by atoms with E-state index in [0.717, 1.165) is 12.1 Å². The molecular formula is C17H8ClF3N2O. The average Bonchev–Trinajstić information content (AvgIpc) is 2.55. The van der Waals surface area contributed by atoms with Crippen LogP contribution in [0.15, 0.2) is 41.3 Å². The van der Waals surface area contributed by atoms with E-state index in [1.165, 1.54) is 29.0 Å². The molecule has 0 aliphatic rings. The van der Waals surface area contributed by atoms with Crippen molar-refractivity contribution in [3.63, 3.8) is 0 Å². The molecule has 0 aliphatic heterocycles. The number of benzene rings is 2. The van der Waals surface area contributed by atoms with Gasteiger partial charge in [-0.05, 0) is 18.2 Å². The molecule has 0 saturated heterocycles. The van der Waals surface area contributed by atoms with E-state index in [1.54, 1.807) is 6.07 Å². The van der Waals surface area contributed by atoms with Gasteiger partial charge in [0.25, 0.3) is 0 Å². The van der Waals surface area contributed by atoms with Crippen molar-refractivity contribution in [2.24, 2.45) is 0 Å². The molecule has 1 aromatic heterocycles. The van der Waals surface area contributed by atoms with Crippen molar-refractivity contribution in [1.29, 1.82) is 5.26 Å². The molecule has 1 heterocycles. The molecule has 0 aliphatic carbocycles. The van der Waals surface area contributed by atoms with Crippen LogP contribution >= 0.6 is 11.6 Å². The number of fused-ring (bicyclic) bond motifs is 1. The van der Waals surface area contributed by atoms with E-state index >= 15 is 0 Å². The first-order valence-electron chi connectivity index (χ1n) is 6.77. The summed E-state index contributed by atoms with van der Waals surface area (Å²) in [5.74, 6) is -2.94. The molecular weight excluding hydrogens is 341 g/mol. The van der Waals surface area contributed by atoms with Crippen molar-refractivity contribution in [3.05, 3.63) is 80.4 Å². The number of nitriles is 1. The summed E-state index contributed by atoms with van der Waals surface area (Å²) in [6, 6.07) is 7.38. The number of pyridine rings is 1. The fraction of sp³-hybridized carbons (Fsp3) is 0.0588. The Morgan fingerprint density at radius 2 is 1.83 bits per heavy atom. The zero-order valence-electron chi connectivity index (χ0n) is 12.0. The van der Waals surface area contributed by atoms with Crippen LogP contribution in [0.2, 0.25) is 5.02 Å². The van der Waals surface area contributed by atoms with Crippen LogP contribution in [0.25, 0.3) is 10.9 Å². The summed E-state index contributed by atoms with van der Waals surface area (Å²) < 4.78 is 42.3. The van der Waals surface area contributed by atoms with E-state index in [-0.39, 0.29) is 33.6 Å². The third-order valence-corrected chi connectivity index (χ3v) is 3.99. The van der Waals surface area contributed by atoms with Gasteiger partial charge in [-0.15, -0.1) is 0 Å². The molecule has 2 aromatic carbocycles. The number of nitrogens with zero attached hydrogens (tertiary/aromatic N) is 2. The highest BCUT2D eigenvalue weighted by Crippen LogP contribution is 2.23. The van der Waals surface area contributed by atoms with Crippen molar-refractivity contribution in [2.75, 3.05) is 0 Å². The SMILES string of the molecule is N#Cc1cn(Cc2c(F)cccc2Cl)c2cc(F)c(F)cc2c1=O. The quantitative estimate of drug-likeness (QED) is 0.703. The molecule has 7 heteroatoms. The standard InChI is InChI=1S/C17H8ClF3N2O/c18-12-2-1-3-13(19)11(12)8-23-7-9(6-22)17(24)10-4-14(20)15(21)5-16(10)23/h1-5,7H,8H2. The van der Waals surface area contributed by atoms with Gasteiger partial charge >= 0.3 is 0 Å². The van der Waals surface area contributed by atoms with Crippen molar-refractivity contribution in [2.45, 2.75) is 6.54 Å². The summed E-state index contributed by atoms with van der Waals surface area (Å²) in [5, 5.41) is 9.05. The van der Waals surface area contributed by atoms with Crippen LogP contribution in [0.5, 0.6) is 0 Å². The summed E-state index contributed by atoms with van der Waals surface area (Å²) in [5.41, 5.74) is -0.835. The van der Waals surface area contributed by atoms with E-state index in [2.05, 4.69) is 0 Å². The van der Waals surface area contributed by atoms with Crippen LogP contribution in [-0.2, 0) is 6.54 Å². The second-order valence-electron chi connectivity index (χ2n) is 5.10. The Kier molecular flexibility index (Phi) is 4.04. The highest BCUT2D eigenvalue weighted by atomic mass is 35.5. The number of aromatic nitrogens is 1. The molecule has 0 radical (unpaired) electrons. The molecule has 3 aromatic rings. The zero-order valence-corrected chi connectivity index (χ0v) is 12.7. The third kappa shape index (κ3) is 2.63. The van der Waals surface area contributed by atoms with Crippen molar-refractivity contribution >= 4 is 22.5 Å². The fourth-order valence-electron chi connectivity index (χ4n) is 2.45. The van der Waals surface area contributed by atoms with Crippen LogP contribution in [0.1, 0.15) is 11.1 Å². The second-order valence-corrected chi connectivity index (χ2v) is 5.50. The van der Waals surface area contributed by atoms with Crippen LogP contribution in [0.3, 0.4) is 0 Å². The molecule has 0 amide bonds. The van der Waals surface area contributed by atoms with Crippen LogP contribution < -0.4 is 5.43 Å². The third-order valence-electron chi connectivity index (χ3n) is 3.63. The first-order chi connectivity index (χ1) is 11.4. The van der Waals surface area contributed by atoms with Gasteiger partial charge in [-0.2, -0.15) is 5.26 Å². The summed E-state index contributed by atoms with van der Waals surface area (Å²) in [7, 11) is 0. The topological polar surface area (TPSA) is 45.8 Å². The van der Waals surface area contributed by atoms with Crippen LogP contribution in [0.4, 0.5) is 13.2 Å². The minimum absolute atomic E-state index is 0.0391. The van der Waals surface area contributed by atoms with E-state index in [1.807, 2.05) is 0 Å². The maximum Gasteiger partial charge on any atom is 0.207 e. The zero-order chi connectivity index (χ0) is 17.4. The molecule has 0 bridgehead atoms. The molecule has 0 N–H and O–H groups in total. The minimum atomic E-state index is -1.20. The maximum absolute atomic E-state index is 14.0. The Balaban J connectivity index is 2.32. The lowest BCUT2D eigenvalue weighted by Gasteiger charge is -2.13. The van der Waals surface area contributed by atoms with Crippen molar-refractivity contribution < 1.29 is 13.2 Å². The largest absolute Gasteiger partial charge is 0.341 e. The van der Waals surface area contributed by atoms with Gasteiger partial charge in [0.2, 0.25) is 5.43 Å². The molecule has 3 nitrogen and oxygen atoms in total. The monoisotopic (exact) mass is 348 g/mol. The predicted molar refractivity (Wildman–Crippen MR) is 83.4 cm³/mol. The summed E-state index contributed by atoms with van der Waals surface area (Å²) >= 11 is 5.98. The Hall–Kier alpha value is -2.78. The minimum Gasteiger partial charge on any atom is -0.341 e. The number of rotatable bonds is 2. The molecule has 0 unspecified atom stereocenters. The molecule has 0 fully saturated rings. The predicted octanol–water partition coefficient (Wildman–Crippen LogP) is 3.99. The smallest absolute Gasteiger partial charge is 0.207 e. The van der Waals surface area contributed by atoms with Gasteiger partial charge in [0.05, 0.1) is 17.4 Å². The van der Waals surface area contributed by atoms with Crippen molar-refractivity contribution in [3.8, 4) is 6.07 Å². The number of hydrogen-bond acceptors (Lipinski definition) is 2. The van der Waals surface area contributed by atoms with E-state index in [4.69, 9.17) is 16.9 Å². The molecule has 3 rings (SSSR count). The van der Waals surface area contributed by atoms with E-state index in [0.29, 0.717) is 0 Å². The molecule has 0 spiro atoms. The lowest BCUT2D eigenvalue weighted by Crippen LogP contribution is -2.15. The fourth-order valence-corrected chi connectivity index (χ4v) is 2.67. The lowest BCUT2D eigenvalue weighted by atomic mass is 10.1. The lowest BCUT2D eigenvalue weighted by molar-refractivity contribution is 0.510. The van der Waals surface area contributed by atoms with Gasteiger partial charge < -0.3 is 4.57 Å². The van der Waals surface area contributed by atoms with E-state index < -0.39 is 22.9 Å². The Morgan fingerprint density at radius 1 is 1.12 bits per heavy atom. The van der Waals surface area contributed by atoms with Crippen LogP contribution in [0, 0.1) is 28.8 Å². The van der Waals surface area contributed by atoms with Gasteiger partial charge in [0, 0.05) is 22.8 Å². The van der Waals surface area contributed by atoms with Crippen molar-refractivity contribution in [1.82, 2.24) is 4.57 Å².